The first kappa shape index (κ1) is 10.2. The Labute approximate surface area is 101 Å². The molecule has 1 aromatic heterocycles. The zero-order valence-corrected chi connectivity index (χ0v) is 10.3. The molecule has 2 nitrogen and oxygen atoms in total. The van der Waals surface area contributed by atoms with E-state index >= 15 is 0 Å². The summed E-state index contributed by atoms with van der Waals surface area (Å²) in [6.45, 7) is 0.867. The molecule has 1 fully saturated rings. The predicted octanol–water partition coefficient (Wildman–Crippen LogP) is 3.24. The summed E-state index contributed by atoms with van der Waals surface area (Å²) in [7, 11) is 0. The van der Waals surface area contributed by atoms with Crippen molar-refractivity contribution in [1.29, 1.82) is 0 Å². The summed E-state index contributed by atoms with van der Waals surface area (Å²) in [6.07, 6.45) is 9.12. The van der Waals surface area contributed by atoms with Gasteiger partial charge in [0.2, 0.25) is 0 Å². The lowest BCUT2D eigenvalue weighted by atomic mass is 9.85. The average molecular weight is 234 g/mol. The number of hydrogen-bond acceptors (Lipinski definition) is 3. The summed E-state index contributed by atoms with van der Waals surface area (Å²) >= 11 is 1.87. The smallest absolute Gasteiger partial charge is 0.0846 e. The van der Waals surface area contributed by atoms with Crippen LogP contribution in [0, 0.1) is 0 Å². The topological polar surface area (TPSA) is 24.1 Å². The fraction of sp³-hybridized carbons (Fsp3) is 0.538. The van der Waals surface area contributed by atoms with Crippen molar-refractivity contribution in [3.63, 3.8) is 0 Å². The van der Waals surface area contributed by atoms with Crippen LogP contribution in [0.15, 0.2) is 17.6 Å². The van der Waals surface area contributed by atoms with Crippen LogP contribution in [0.3, 0.4) is 0 Å². The van der Waals surface area contributed by atoms with E-state index in [1.807, 2.05) is 11.3 Å². The number of rotatable bonds is 2. The molecule has 86 valence electrons. The van der Waals surface area contributed by atoms with E-state index in [1.54, 1.807) is 5.56 Å². The largest absolute Gasteiger partial charge is 0.372 e. The van der Waals surface area contributed by atoms with E-state index in [1.165, 1.54) is 42.7 Å². The van der Waals surface area contributed by atoms with Crippen molar-refractivity contribution in [2.75, 3.05) is 6.67 Å². The highest BCUT2D eigenvalue weighted by Gasteiger charge is 2.18. The van der Waals surface area contributed by atoms with Gasteiger partial charge in [0.05, 0.1) is 17.2 Å². The molecular weight excluding hydrogens is 216 g/mol. The molecule has 2 heterocycles. The maximum absolute atomic E-state index is 3.35. The summed E-state index contributed by atoms with van der Waals surface area (Å²) in [5.41, 5.74) is 2.82. The Hall–Kier alpha value is -0.960. The Morgan fingerprint density at radius 1 is 1.19 bits per heavy atom. The quantitative estimate of drug-likeness (QED) is 0.821. The first-order valence-electron chi connectivity index (χ1n) is 6.20. The van der Waals surface area contributed by atoms with Gasteiger partial charge in [-0.25, -0.2) is 0 Å². The van der Waals surface area contributed by atoms with E-state index in [-0.39, 0.29) is 0 Å². The Morgan fingerprint density at radius 2 is 2.06 bits per heavy atom. The molecule has 0 spiro atoms. The van der Waals surface area contributed by atoms with E-state index < -0.39 is 0 Å². The molecule has 0 radical (unpaired) electrons. The molecule has 1 aromatic rings. The van der Waals surface area contributed by atoms with Crippen LogP contribution in [0.2, 0.25) is 0 Å². The molecule has 0 saturated heterocycles. The van der Waals surface area contributed by atoms with E-state index in [9.17, 15) is 0 Å². The van der Waals surface area contributed by atoms with Crippen molar-refractivity contribution in [3.8, 4) is 0 Å². The van der Waals surface area contributed by atoms with Gasteiger partial charge in [0.15, 0.2) is 0 Å². The van der Waals surface area contributed by atoms with Crippen LogP contribution >= 0.6 is 11.3 Å². The summed E-state index contributed by atoms with van der Waals surface area (Å²) in [5.74, 6) is 0.828. The fourth-order valence-corrected chi connectivity index (χ4v) is 3.64. The molecule has 1 aliphatic carbocycles. The van der Waals surface area contributed by atoms with Gasteiger partial charge in [-0.15, -0.1) is 11.3 Å². The maximum Gasteiger partial charge on any atom is 0.0846 e. The van der Waals surface area contributed by atoms with Gasteiger partial charge in [-0.2, -0.15) is 0 Å². The molecule has 0 atom stereocenters. The number of thiophene rings is 1. The second-order valence-corrected chi connectivity index (χ2v) is 5.61. The van der Waals surface area contributed by atoms with Gasteiger partial charge >= 0.3 is 0 Å². The highest BCUT2D eigenvalue weighted by Crippen LogP contribution is 2.36. The monoisotopic (exact) mass is 234 g/mol. The van der Waals surface area contributed by atoms with Crippen molar-refractivity contribution >= 4 is 17.0 Å². The minimum absolute atomic E-state index is 0.828. The Kier molecular flexibility index (Phi) is 2.87. The third-order valence-electron chi connectivity index (χ3n) is 3.59. The Balaban J connectivity index is 1.76. The predicted molar refractivity (Wildman–Crippen MR) is 69.3 cm³/mol. The highest BCUT2D eigenvalue weighted by molar-refractivity contribution is 7.11. The molecule has 2 N–H and O–H groups in total. The van der Waals surface area contributed by atoms with Crippen LogP contribution in [0.4, 0.5) is 0 Å². The summed E-state index contributed by atoms with van der Waals surface area (Å²) < 4.78 is 0. The molecule has 3 rings (SSSR count). The third-order valence-corrected chi connectivity index (χ3v) is 4.57. The van der Waals surface area contributed by atoms with Gasteiger partial charge in [-0.3, -0.25) is 0 Å². The Morgan fingerprint density at radius 3 is 2.81 bits per heavy atom. The van der Waals surface area contributed by atoms with Crippen LogP contribution in [0.5, 0.6) is 0 Å². The molecule has 0 aromatic carbocycles. The normalized spacial score (nSPS) is 21.4. The van der Waals surface area contributed by atoms with E-state index in [4.69, 9.17) is 0 Å². The van der Waals surface area contributed by atoms with Crippen LogP contribution in [-0.4, -0.2) is 6.67 Å². The highest BCUT2D eigenvalue weighted by atomic mass is 32.1. The molecule has 2 aliphatic rings. The molecule has 1 saturated carbocycles. The summed E-state index contributed by atoms with van der Waals surface area (Å²) in [5, 5.41) is 8.90. The zero-order chi connectivity index (χ0) is 10.8. The second-order valence-electron chi connectivity index (χ2n) is 4.69. The van der Waals surface area contributed by atoms with Crippen LogP contribution in [0.1, 0.15) is 48.5 Å². The van der Waals surface area contributed by atoms with Gasteiger partial charge in [0.25, 0.3) is 0 Å². The van der Waals surface area contributed by atoms with E-state index in [2.05, 4.69) is 28.3 Å². The van der Waals surface area contributed by atoms with Gasteiger partial charge in [0, 0.05) is 6.20 Å². The molecular formula is C13H18N2S. The molecule has 0 bridgehead atoms. The van der Waals surface area contributed by atoms with Gasteiger partial charge in [0.1, 0.15) is 0 Å². The fourth-order valence-electron chi connectivity index (χ4n) is 2.65. The summed E-state index contributed by atoms with van der Waals surface area (Å²) in [4.78, 5) is 1.38. The minimum Gasteiger partial charge on any atom is -0.372 e. The van der Waals surface area contributed by atoms with Crippen molar-refractivity contribution in [1.82, 2.24) is 10.6 Å². The van der Waals surface area contributed by atoms with Crippen molar-refractivity contribution in [2.24, 2.45) is 0 Å². The zero-order valence-electron chi connectivity index (χ0n) is 9.46. The van der Waals surface area contributed by atoms with Crippen molar-refractivity contribution in [3.05, 3.63) is 28.1 Å². The summed E-state index contributed by atoms with van der Waals surface area (Å²) in [6, 6.07) is 2.38. The van der Waals surface area contributed by atoms with Crippen LogP contribution in [-0.2, 0) is 0 Å². The van der Waals surface area contributed by atoms with Crippen molar-refractivity contribution in [2.45, 2.75) is 38.0 Å². The lowest BCUT2D eigenvalue weighted by Gasteiger charge is -2.20. The third kappa shape index (κ3) is 1.96. The van der Waals surface area contributed by atoms with E-state index in [0.717, 1.165) is 12.6 Å². The second kappa shape index (κ2) is 4.50. The first-order chi connectivity index (χ1) is 7.93. The molecule has 0 amide bonds. The van der Waals surface area contributed by atoms with Crippen LogP contribution in [0.25, 0.3) is 5.70 Å². The molecule has 3 heteroatoms. The number of nitrogens with one attached hydrogen (secondary N) is 2. The first-order valence-corrected chi connectivity index (χ1v) is 7.08. The minimum atomic E-state index is 0.828. The van der Waals surface area contributed by atoms with Gasteiger partial charge < -0.3 is 10.6 Å². The van der Waals surface area contributed by atoms with Crippen molar-refractivity contribution < 1.29 is 0 Å². The number of hydrogen-bond donors (Lipinski definition) is 2. The average Bonchev–Trinajstić information content (AvgIpc) is 3.01. The van der Waals surface area contributed by atoms with Crippen LogP contribution < -0.4 is 10.6 Å². The molecule has 1 aliphatic heterocycles. The van der Waals surface area contributed by atoms with Gasteiger partial charge in [-0.1, -0.05) is 19.3 Å². The maximum atomic E-state index is 3.35. The standard InChI is InChI=1S/C13H18N2S/c1-2-4-10(5-3-1)11-6-13(16-8-11)12-7-14-9-15-12/h6-8,10,14-15H,1-5,9H2. The molecule has 16 heavy (non-hydrogen) atoms. The molecule has 0 unspecified atom stereocenters. The Bertz CT molecular complexity index is 388. The van der Waals surface area contributed by atoms with Gasteiger partial charge in [-0.05, 0) is 35.8 Å². The SMILES string of the molecule is C1=C(c2cc(C3CCCCC3)cs2)NCN1. The van der Waals surface area contributed by atoms with E-state index in [0.29, 0.717) is 0 Å². The lowest BCUT2D eigenvalue weighted by Crippen LogP contribution is -2.13. The lowest BCUT2D eigenvalue weighted by molar-refractivity contribution is 0.444.